The van der Waals surface area contributed by atoms with Crippen LogP contribution in [-0.4, -0.2) is 76.5 Å². The van der Waals surface area contributed by atoms with Crippen molar-refractivity contribution in [3.63, 3.8) is 0 Å². The van der Waals surface area contributed by atoms with Crippen molar-refractivity contribution in [3.8, 4) is 0 Å². The zero-order valence-electron chi connectivity index (χ0n) is 17.4. The molecule has 1 aromatic carbocycles. The highest BCUT2D eigenvalue weighted by atomic mass is 32.2. The molecule has 11 nitrogen and oxygen atoms in total. The van der Waals surface area contributed by atoms with E-state index in [1.807, 2.05) is 6.07 Å². The Morgan fingerprint density at radius 3 is 2.62 bits per heavy atom. The standard InChI is InChI=1S/C20H18N4O7S3/c25-12(6-10-4-2-1-3-5-10)21-15-17(28)24-16(19(29)30)11(9-34(31)18(15)24)8-32-20-23-22-13(33-20)7-14(26)27/h1-5,15,18H,6-9H2,(H,21,25)(H,26,27)(H,29,30)/t15?,18-,34?/m0/s1. The SMILES string of the molecule is O=C(O)Cc1nnc(SCC2=C(C(=O)O)N3C(=O)C(NC(=O)Cc4ccccc4)[C@@H]3[S+]([O-])C2)s1. The van der Waals surface area contributed by atoms with E-state index in [-0.39, 0.29) is 30.0 Å². The van der Waals surface area contributed by atoms with Gasteiger partial charge < -0.3 is 20.1 Å². The van der Waals surface area contributed by atoms with Gasteiger partial charge in [0.15, 0.2) is 10.4 Å². The van der Waals surface area contributed by atoms with Gasteiger partial charge in [-0.2, -0.15) is 0 Å². The van der Waals surface area contributed by atoms with Gasteiger partial charge in [-0.15, -0.1) is 10.2 Å². The van der Waals surface area contributed by atoms with Crippen LogP contribution >= 0.6 is 23.1 Å². The van der Waals surface area contributed by atoms with E-state index in [0.29, 0.717) is 14.9 Å². The van der Waals surface area contributed by atoms with Crippen molar-refractivity contribution >= 4 is 58.0 Å². The van der Waals surface area contributed by atoms with Crippen molar-refractivity contribution < 1.29 is 33.9 Å². The number of β-lactam (4-membered cyclic amide) rings is 1. The molecule has 14 heteroatoms. The average molecular weight is 523 g/mol. The Morgan fingerprint density at radius 1 is 1.21 bits per heavy atom. The molecule has 0 aliphatic carbocycles. The number of hydrogen-bond acceptors (Lipinski definition) is 9. The highest BCUT2D eigenvalue weighted by molar-refractivity contribution is 8.01. The van der Waals surface area contributed by atoms with Gasteiger partial charge >= 0.3 is 11.9 Å². The summed E-state index contributed by atoms with van der Waals surface area (Å²) in [6, 6.07) is 7.87. The molecular formula is C20H18N4O7S3. The number of nitrogens with one attached hydrogen (secondary N) is 1. The quantitative estimate of drug-likeness (QED) is 0.235. The molecular weight excluding hydrogens is 504 g/mol. The summed E-state index contributed by atoms with van der Waals surface area (Å²) < 4.78 is 13.3. The van der Waals surface area contributed by atoms with Crippen LogP contribution < -0.4 is 5.32 Å². The fraction of sp³-hybridized carbons (Fsp3) is 0.300. The smallest absolute Gasteiger partial charge is 0.352 e. The van der Waals surface area contributed by atoms with Crippen molar-refractivity contribution in [1.82, 2.24) is 20.4 Å². The van der Waals surface area contributed by atoms with Crippen molar-refractivity contribution in [2.24, 2.45) is 0 Å². The van der Waals surface area contributed by atoms with Gasteiger partial charge in [0.25, 0.3) is 5.91 Å². The van der Waals surface area contributed by atoms with Crippen LogP contribution in [0.2, 0.25) is 0 Å². The Labute approximate surface area is 204 Å². The molecule has 0 spiro atoms. The Bertz CT molecular complexity index is 1170. The number of carbonyl (C=O) groups excluding carboxylic acids is 2. The third kappa shape index (κ3) is 5.09. The Hall–Kier alpha value is -2.94. The van der Waals surface area contributed by atoms with Crippen LogP contribution in [0.1, 0.15) is 10.6 Å². The summed E-state index contributed by atoms with van der Waals surface area (Å²) in [5.41, 5.74) is 0.803. The number of benzene rings is 1. The van der Waals surface area contributed by atoms with Gasteiger partial charge in [0, 0.05) is 11.3 Å². The van der Waals surface area contributed by atoms with Gasteiger partial charge in [-0.05, 0) is 16.7 Å². The minimum Gasteiger partial charge on any atom is -0.614 e. The molecule has 0 bridgehead atoms. The summed E-state index contributed by atoms with van der Waals surface area (Å²) in [6.07, 6.45) is -0.230. The number of fused-ring (bicyclic) bond motifs is 1. The number of aliphatic carboxylic acids is 2. The van der Waals surface area contributed by atoms with Crippen LogP contribution in [0.25, 0.3) is 0 Å². The van der Waals surface area contributed by atoms with Gasteiger partial charge in [-0.25, -0.2) is 4.79 Å². The number of thioether (sulfide) groups is 1. The first-order valence-corrected chi connectivity index (χ1v) is 13.1. The van der Waals surface area contributed by atoms with Crippen LogP contribution in [0.15, 0.2) is 45.9 Å². The molecule has 2 unspecified atom stereocenters. The number of rotatable bonds is 9. The molecule has 3 N–H and O–H groups in total. The van der Waals surface area contributed by atoms with Gasteiger partial charge in [0.1, 0.15) is 16.5 Å². The first kappa shape index (κ1) is 24.2. The zero-order chi connectivity index (χ0) is 24.4. The van der Waals surface area contributed by atoms with Crippen molar-refractivity contribution in [2.45, 2.75) is 28.6 Å². The Kier molecular flexibility index (Phi) is 7.21. The maximum Gasteiger partial charge on any atom is 0.352 e. The van der Waals surface area contributed by atoms with E-state index in [4.69, 9.17) is 5.11 Å². The molecule has 34 heavy (non-hydrogen) atoms. The second-order valence-electron chi connectivity index (χ2n) is 7.41. The van der Waals surface area contributed by atoms with Crippen LogP contribution in [0.5, 0.6) is 0 Å². The molecule has 1 saturated heterocycles. The highest BCUT2D eigenvalue weighted by Gasteiger charge is 2.60. The number of amides is 2. The van der Waals surface area contributed by atoms with Crippen molar-refractivity contribution in [3.05, 3.63) is 52.2 Å². The first-order chi connectivity index (χ1) is 16.2. The molecule has 3 atom stereocenters. The van der Waals surface area contributed by atoms with Gasteiger partial charge in [-0.1, -0.05) is 53.4 Å². The average Bonchev–Trinajstić information content (AvgIpc) is 3.22. The van der Waals surface area contributed by atoms with Crippen LogP contribution in [0.3, 0.4) is 0 Å². The zero-order valence-corrected chi connectivity index (χ0v) is 19.8. The summed E-state index contributed by atoms with van der Waals surface area (Å²) in [5.74, 6) is -3.40. The van der Waals surface area contributed by atoms with Gasteiger partial charge in [0.05, 0.1) is 12.8 Å². The third-order valence-electron chi connectivity index (χ3n) is 5.05. The summed E-state index contributed by atoms with van der Waals surface area (Å²) in [7, 11) is 0. The fourth-order valence-electron chi connectivity index (χ4n) is 3.62. The minimum absolute atomic E-state index is 0.0409. The number of carboxylic acids is 2. The van der Waals surface area contributed by atoms with E-state index in [1.165, 1.54) is 0 Å². The third-order valence-corrected chi connectivity index (χ3v) is 8.85. The molecule has 1 aromatic heterocycles. The second kappa shape index (κ2) is 10.1. The largest absolute Gasteiger partial charge is 0.614 e. The molecule has 2 aliphatic rings. The minimum atomic E-state index is -1.62. The van der Waals surface area contributed by atoms with Gasteiger partial charge in [-0.3, -0.25) is 19.3 Å². The first-order valence-electron chi connectivity index (χ1n) is 9.90. The Balaban J connectivity index is 1.45. The predicted molar refractivity (Wildman–Crippen MR) is 122 cm³/mol. The highest BCUT2D eigenvalue weighted by Crippen LogP contribution is 2.38. The molecule has 2 amide bonds. The van der Waals surface area contributed by atoms with Crippen molar-refractivity contribution in [2.75, 3.05) is 11.5 Å². The second-order valence-corrected chi connectivity index (χ2v) is 11.2. The summed E-state index contributed by atoms with van der Waals surface area (Å²) in [6.45, 7) is 0. The molecule has 2 aliphatic heterocycles. The lowest BCUT2D eigenvalue weighted by Gasteiger charge is -2.49. The molecule has 1 fully saturated rings. The molecule has 178 valence electrons. The van der Waals surface area contributed by atoms with Crippen molar-refractivity contribution in [1.29, 1.82) is 0 Å². The monoisotopic (exact) mass is 522 g/mol. The molecule has 4 rings (SSSR count). The molecule has 0 radical (unpaired) electrons. The predicted octanol–water partition coefficient (Wildman–Crippen LogP) is 0.254. The van der Waals surface area contributed by atoms with Crippen LogP contribution in [-0.2, 0) is 43.2 Å². The Morgan fingerprint density at radius 2 is 1.94 bits per heavy atom. The summed E-state index contributed by atoms with van der Waals surface area (Å²) >= 11 is 0.574. The summed E-state index contributed by atoms with van der Waals surface area (Å²) in [5, 5.41) is 28.2. The maximum atomic E-state index is 12.9. The van der Waals surface area contributed by atoms with Crippen LogP contribution in [0.4, 0.5) is 0 Å². The van der Waals surface area contributed by atoms with E-state index in [9.17, 15) is 28.8 Å². The lowest BCUT2D eigenvalue weighted by molar-refractivity contribution is -0.151. The van der Waals surface area contributed by atoms with E-state index >= 15 is 0 Å². The topological polar surface area (TPSA) is 173 Å². The number of carboxylic acid groups (broad SMARTS) is 2. The van der Waals surface area contributed by atoms with E-state index in [1.54, 1.807) is 24.3 Å². The molecule has 2 aromatic rings. The number of hydrogen-bond donors (Lipinski definition) is 3. The number of carbonyl (C=O) groups is 4. The van der Waals surface area contributed by atoms with E-state index in [2.05, 4.69) is 15.5 Å². The fourth-order valence-corrected chi connectivity index (χ4v) is 7.33. The number of nitrogens with zero attached hydrogens (tertiary/aromatic N) is 3. The molecule has 0 saturated carbocycles. The normalized spacial score (nSPS) is 21.6. The van der Waals surface area contributed by atoms with Crippen LogP contribution in [0, 0.1) is 0 Å². The van der Waals surface area contributed by atoms with E-state index in [0.717, 1.165) is 33.6 Å². The number of aromatic nitrogens is 2. The van der Waals surface area contributed by atoms with E-state index < -0.39 is 46.3 Å². The lowest BCUT2D eigenvalue weighted by atomic mass is 10.0. The maximum absolute atomic E-state index is 12.9. The van der Waals surface area contributed by atoms with Gasteiger partial charge in [0.2, 0.25) is 11.3 Å². The molecule has 3 heterocycles. The summed E-state index contributed by atoms with van der Waals surface area (Å²) in [4.78, 5) is 48.9. The lowest BCUT2D eigenvalue weighted by Crippen LogP contribution is -2.74.